The quantitative estimate of drug-likeness (QED) is 0.0665. The fourth-order valence-corrected chi connectivity index (χ4v) is 5.98. The molecule has 19 heteroatoms. The van der Waals surface area contributed by atoms with Gasteiger partial charge in [0.05, 0.1) is 11.7 Å². The number of aliphatic carboxylic acids is 1. The second-order valence-corrected chi connectivity index (χ2v) is 9.66. The zero-order valence-corrected chi connectivity index (χ0v) is 22.9. The van der Waals surface area contributed by atoms with Crippen molar-refractivity contribution in [2.24, 2.45) is 5.16 Å². The largest absolute Gasteiger partial charge is 1.00 e. The molecule has 35 heavy (non-hydrogen) atoms. The van der Waals surface area contributed by atoms with Crippen LogP contribution in [0, 0.1) is 0 Å². The van der Waals surface area contributed by atoms with E-state index in [2.05, 4.69) is 31.0 Å². The van der Waals surface area contributed by atoms with Crippen molar-refractivity contribution in [3.8, 4) is 0 Å². The molecule has 2 atom stereocenters. The SMILES string of the molecule is CCO/N=C(\C(=O)N[C@@H]1C(=O)N2C(C(=O)[O-])=C(CSc3nnnn3N)CS[C@@H]12)c1csc(N)n1.[Na+]. The van der Waals surface area contributed by atoms with Crippen molar-refractivity contribution in [2.75, 3.05) is 29.7 Å². The number of aromatic nitrogens is 5. The van der Waals surface area contributed by atoms with E-state index in [1.807, 2.05) is 0 Å². The number of nitrogen functional groups attached to an aromatic ring is 2. The molecule has 2 aliphatic heterocycles. The molecule has 4 heterocycles. The minimum absolute atomic E-state index is 0. The molecule has 2 aliphatic rings. The molecule has 1 saturated heterocycles. The Hall–Kier alpha value is -2.38. The van der Waals surface area contributed by atoms with Crippen molar-refractivity contribution in [3.05, 3.63) is 22.3 Å². The molecule has 0 bridgehead atoms. The molecule has 0 unspecified atom stereocenters. The van der Waals surface area contributed by atoms with Gasteiger partial charge in [0.15, 0.2) is 10.8 Å². The van der Waals surface area contributed by atoms with E-state index in [4.69, 9.17) is 16.4 Å². The van der Waals surface area contributed by atoms with Crippen molar-refractivity contribution in [1.82, 2.24) is 35.5 Å². The second kappa shape index (κ2) is 11.6. The van der Waals surface area contributed by atoms with Gasteiger partial charge in [-0.1, -0.05) is 22.0 Å². The summed E-state index contributed by atoms with van der Waals surface area (Å²) < 4.78 is 0. The van der Waals surface area contributed by atoms with Crippen LogP contribution in [0.3, 0.4) is 0 Å². The smallest absolute Gasteiger partial charge is 0.543 e. The van der Waals surface area contributed by atoms with E-state index in [0.29, 0.717) is 5.57 Å². The summed E-state index contributed by atoms with van der Waals surface area (Å²) in [5, 5.41) is 30.3. The molecular formula is C16H17N10NaO5S3. The number of thiazole rings is 1. The van der Waals surface area contributed by atoms with Crippen LogP contribution in [0.15, 0.2) is 27.0 Å². The Morgan fingerprint density at radius 1 is 1.46 bits per heavy atom. The predicted octanol–water partition coefficient (Wildman–Crippen LogP) is -5.63. The third-order valence-electron chi connectivity index (χ3n) is 4.63. The van der Waals surface area contributed by atoms with E-state index in [1.54, 1.807) is 6.92 Å². The zero-order valence-electron chi connectivity index (χ0n) is 18.4. The van der Waals surface area contributed by atoms with Crippen LogP contribution in [0.2, 0.25) is 0 Å². The molecule has 4 rings (SSSR count). The molecular weight excluding hydrogens is 531 g/mol. The van der Waals surface area contributed by atoms with Gasteiger partial charge in [0.25, 0.3) is 11.8 Å². The molecule has 0 aromatic carbocycles. The maximum atomic E-state index is 12.9. The molecule has 2 aromatic rings. The van der Waals surface area contributed by atoms with Crippen molar-refractivity contribution in [3.63, 3.8) is 0 Å². The molecule has 0 spiro atoms. The van der Waals surface area contributed by atoms with E-state index in [0.717, 1.165) is 32.8 Å². The topological polar surface area (TPSA) is 220 Å². The van der Waals surface area contributed by atoms with Crippen molar-refractivity contribution < 1.29 is 53.9 Å². The number of fused-ring (bicyclic) bond motifs is 1. The van der Waals surface area contributed by atoms with Crippen LogP contribution in [0.1, 0.15) is 12.6 Å². The number of β-lactam (4-membered cyclic amide) rings is 1. The third kappa shape index (κ3) is 5.56. The first-order valence-corrected chi connectivity index (χ1v) is 12.5. The number of carbonyl (C=O) groups is 3. The molecule has 1 fully saturated rings. The Morgan fingerprint density at radius 3 is 2.83 bits per heavy atom. The molecule has 5 N–H and O–H groups in total. The molecule has 15 nitrogen and oxygen atoms in total. The summed E-state index contributed by atoms with van der Waals surface area (Å²) in [5.74, 6) is 3.24. The Bertz CT molecular complexity index is 1200. The molecule has 2 aromatic heterocycles. The van der Waals surface area contributed by atoms with Crippen LogP contribution in [0.25, 0.3) is 0 Å². The van der Waals surface area contributed by atoms with E-state index in [-0.39, 0.29) is 75.1 Å². The minimum Gasteiger partial charge on any atom is -0.543 e. The van der Waals surface area contributed by atoms with Crippen molar-refractivity contribution in [2.45, 2.75) is 23.5 Å². The van der Waals surface area contributed by atoms with Crippen molar-refractivity contribution >= 4 is 63.5 Å². The molecule has 2 amide bonds. The first-order chi connectivity index (χ1) is 16.3. The number of nitrogens with zero attached hydrogens (tertiary/aromatic N) is 7. The summed E-state index contributed by atoms with van der Waals surface area (Å²) in [6, 6.07) is -0.972. The van der Waals surface area contributed by atoms with E-state index >= 15 is 0 Å². The number of carboxylic acids is 1. The summed E-state index contributed by atoms with van der Waals surface area (Å²) in [7, 11) is 0. The Labute approximate surface area is 232 Å². The Kier molecular flexibility index (Phi) is 9.00. The monoisotopic (exact) mass is 548 g/mol. The fourth-order valence-electron chi connectivity index (χ4n) is 3.15. The number of hydrogen-bond acceptors (Lipinski definition) is 15. The summed E-state index contributed by atoms with van der Waals surface area (Å²) in [6.45, 7) is 1.90. The Morgan fingerprint density at radius 2 is 2.23 bits per heavy atom. The molecule has 0 aliphatic carbocycles. The first-order valence-electron chi connectivity index (χ1n) is 9.58. The van der Waals surface area contributed by atoms with E-state index in [9.17, 15) is 19.5 Å². The van der Waals surface area contributed by atoms with Gasteiger partial charge in [-0.3, -0.25) is 14.5 Å². The van der Waals surface area contributed by atoms with Gasteiger partial charge in [-0.2, -0.15) is 0 Å². The van der Waals surface area contributed by atoms with Crippen LogP contribution in [0.4, 0.5) is 5.13 Å². The average Bonchev–Trinajstić information content (AvgIpc) is 3.43. The number of nitrogens with two attached hydrogens (primary N) is 2. The Balaban J connectivity index is 0.00000342. The standard InChI is InChI=1S/C16H18N10O5S3.Na/c1-2-31-22-8(7-5-33-15(17)19-7)11(27)20-9-12(28)25-10(14(29)30)6(3-32-13(9)25)4-34-16-21-23-24-26(16)18;/h5,9,13H,2-4,18H2,1H3,(H2,17,19)(H,20,27)(H,29,30);/q;+1/p-1/b22-8-;/t9-,13+;/m1./s1. The van der Waals surface area contributed by atoms with Gasteiger partial charge in [-0.15, -0.1) is 27.9 Å². The minimum atomic E-state index is -1.50. The van der Waals surface area contributed by atoms with Gasteiger partial charge >= 0.3 is 29.6 Å². The van der Waals surface area contributed by atoms with Gasteiger partial charge in [0.1, 0.15) is 23.7 Å². The van der Waals surface area contributed by atoms with Crippen LogP contribution in [-0.2, 0) is 19.2 Å². The zero-order chi connectivity index (χ0) is 24.4. The number of hydrogen-bond donors (Lipinski definition) is 3. The van der Waals surface area contributed by atoms with Crippen LogP contribution in [-0.4, -0.2) is 83.2 Å². The number of anilines is 1. The second-order valence-electron chi connectivity index (χ2n) is 6.72. The summed E-state index contributed by atoms with van der Waals surface area (Å²) in [4.78, 5) is 48.7. The number of rotatable bonds is 9. The van der Waals surface area contributed by atoms with Crippen LogP contribution >= 0.6 is 34.9 Å². The molecule has 0 saturated carbocycles. The van der Waals surface area contributed by atoms with E-state index < -0.39 is 29.2 Å². The summed E-state index contributed by atoms with van der Waals surface area (Å²) in [5.41, 5.74) is 5.91. The predicted molar refractivity (Wildman–Crippen MR) is 120 cm³/mol. The van der Waals surface area contributed by atoms with Gasteiger partial charge < -0.3 is 31.6 Å². The van der Waals surface area contributed by atoms with E-state index in [1.165, 1.54) is 17.1 Å². The fraction of sp³-hybridized carbons (Fsp3) is 0.375. The number of thioether (sulfide) groups is 2. The van der Waals surface area contributed by atoms with Gasteiger partial charge in [-0.25, -0.2) is 4.98 Å². The number of oxime groups is 1. The normalized spacial score (nSPS) is 19.5. The number of carboxylic acid groups (broad SMARTS) is 1. The summed E-state index contributed by atoms with van der Waals surface area (Å²) in [6.07, 6.45) is 0. The number of carbonyl (C=O) groups excluding carboxylic acids is 3. The van der Waals surface area contributed by atoms with Gasteiger partial charge in [-0.05, 0) is 22.9 Å². The summed E-state index contributed by atoms with van der Waals surface area (Å²) >= 11 is 3.54. The first kappa shape index (κ1) is 27.2. The number of tetrazole rings is 1. The van der Waals surface area contributed by atoms with Gasteiger partial charge in [0, 0.05) is 16.9 Å². The van der Waals surface area contributed by atoms with Crippen LogP contribution < -0.4 is 51.6 Å². The number of nitrogens with one attached hydrogen (secondary N) is 1. The number of amides is 2. The molecule has 0 radical (unpaired) electrons. The average molecular weight is 549 g/mol. The van der Waals surface area contributed by atoms with Crippen molar-refractivity contribution in [1.29, 1.82) is 0 Å². The third-order valence-corrected chi connectivity index (χ3v) is 7.66. The molecule has 180 valence electrons. The maximum Gasteiger partial charge on any atom is 1.00 e. The maximum absolute atomic E-state index is 12.9. The van der Waals surface area contributed by atoms with Crippen LogP contribution in [0.5, 0.6) is 0 Å². The van der Waals surface area contributed by atoms with Gasteiger partial charge in [0.2, 0.25) is 5.16 Å².